The third-order valence-electron chi connectivity index (χ3n) is 4.94. The van der Waals surface area contributed by atoms with Crippen molar-refractivity contribution in [3.8, 4) is 5.75 Å². The molecule has 0 aromatic heterocycles. The average molecular weight is 421 g/mol. The fourth-order valence-corrected chi connectivity index (χ4v) is 3.26. The number of guanidine groups is 1. The third kappa shape index (κ3) is 8.59. The number of benzene rings is 1. The zero-order valence-electron chi connectivity index (χ0n) is 18.5. The molecule has 0 atom stereocenters. The first-order chi connectivity index (χ1) is 14.7. The second-order valence-corrected chi connectivity index (χ2v) is 7.20. The number of likely N-dealkylation sites (tertiary alicyclic amines) is 1. The number of rotatable bonds is 11. The molecule has 2 rings (SSSR count). The van der Waals surface area contributed by atoms with Crippen LogP contribution >= 0.6 is 0 Å². The van der Waals surface area contributed by atoms with Gasteiger partial charge in [0, 0.05) is 46.5 Å². The number of carbonyl (C=O) groups is 1. The monoisotopic (exact) mass is 420 g/mol. The molecule has 0 aliphatic carbocycles. The molecule has 30 heavy (non-hydrogen) atoms. The standard InChI is InChI=1S/C22H36N4O4/c1-4-23-22(26-12-10-20(11-13-26)30-15-5-14-28-2)25-17-21(27)24-16-18-6-8-19(29-3)9-7-18/h6-9,20H,4-5,10-17H2,1-3H3,(H,23,25)(H,24,27). The predicted molar refractivity (Wildman–Crippen MR) is 118 cm³/mol. The van der Waals surface area contributed by atoms with E-state index in [-0.39, 0.29) is 18.6 Å². The van der Waals surface area contributed by atoms with E-state index in [9.17, 15) is 4.79 Å². The van der Waals surface area contributed by atoms with Crippen LogP contribution in [0.1, 0.15) is 31.7 Å². The third-order valence-corrected chi connectivity index (χ3v) is 4.94. The van der Waals surface area contributed by atoms with Gasteiger partial charge in [0.1, 0.15) is 12.3 Å². The number of nitrogens with one attached hydrogen (secondary N) is 2. The van der Waals surface area contributed by atoms with Crippen molar-refractivity contribution in [2.24, 2.45) is 4.99 Å². The van der Waals surface area contributed by atoms with Gasteiger partial charge >= 0.3 is 0 Å². The first-order valence-corrected chi connectivity index (χ1v) is 10.7. The molecule has 0 saturated carbocycles. The van der Waals surface area contributed by atoms with E-state index in [4.69, 9.17) is 14.2 Å². The zero-order chi connectivity index (χ0) is 21.6. The number of methoxy groups -OCH3 is 2. The first-order valence-electron chi connectivity index (χ1n) is 10.7. The maximum absolute atomic E-state index is 12.2. The number of nitrogens with zero attached hydrogens (tertiary/aromatic N) is 2. The predicted octanol–water partition coefficient (Wildman–Crippen LogP) is 1.79. The lowest BCUT2D eigenvalue weighted by Crippen LogP contribution is -2.47. The second-order valence-electron chi connectivity index (χ2n) is 7.20. The summed E-state index contributed by atoms with van der Waals surface area (Å²) in [6, 6.07) is 7.64. The molecule has 2 N–H and O–H groups in total. The minimum atomic E-state index is -0.0995. The Kier molecular flexibility index (Phi) is 11.0. The van der Waals surface area contributed by atoms with E-state index in [2.05, 4.69) is 20.5 Å². The normalized spacial score (nSPS) is 15.2. The van der Waals surface area contributed by atoms with Gasteiger partial charge in [0.05, 0.1) is 13.2 Å². The van der Waals surface area contributed by atoms with Gasteiger partial charge in [-0.25, -0.2) is 4.99 Å². The van der Waals surface area contributed by atoms with Gasteiger partial charge < -0.3 is 29.7 Å². The van der Waals surface area contributed by atoms with Crippen molar-refractivity contribution in [2.75, 3.05) is 53.6 Å². The lowest BCUT2D eigenvalue weighted by molar-refractivity contribution is -0.119. The minimum Gasteiger partial charge on any atom is -0.497 e. The van der Waals surface area contributed by atoms with Crippen molar-refractivity contribution in [3.05, 3.63) is 29.8 Å². The molecule has 8 nitrogen and oxygen atoms in total. The summed E-state index contributed by atoms with van der Waals surface area (Å²) in [7, 11) is 3.34. The van der Waals surface area contributed by atoms with Crippen LogP contribution in [0.4, 0.5) is 0 Å². The summed E-state index contributed by atoms with van der Waals surface area (Å²) in [5.41, 5.74) is 1.02. The van der Waals surface area contributed by atoms with E-state index in [0.29, 0.717) is 6.54 Å². The van der Waals surface area contributed by atoms with Gasteiger partial charge in [0.15, 0.2) is 5.96 Å². The highest BCUT2D eigenvalue weighted by Crippen LogP contribution is 2.14. The second kappa shape index (κ2) is 13.8. The largest absolute Gasteiger partial charge is 0.497 e. The molecule has 1 aromatic rings. The zero-order valence-corrected chi connectivity index (χ0v) is 18.5. The molecule has 1 amide bonds. The van der Waals surface area contributed by atoms with Crippen molar-refractivity contribution in [1.29, 1.82) is 0 Å². The van der Waals surface area contributed by atoms with Gasteiger partial charge in [-0.1, -0.05) is 12.1 Å². The Morgan fingerprint density at radius 2 is 1.87 bits per heavy atom. The van der Waals surface area contributed by atoms with Crippen molar-refractivity contribution in [1.82, 2.24) is 15.5 Å². The van der Waals surface area contributed by atoms with Crippen LogP contribution in [0.15, 0.2) is 29.3 Å². The van der Waals surface area contributed by atoms with Crippen LogP contribution in [0.2, 0.25) is 0 Å². The number of hydrogen-bond donors (Lipinski definition) is 2. The van der Waals surface area contributed by atoms with E-state index in [1.807, 2.05) is 31.2 Å². The Balaban J connectivity index is 1.75. The van der Waals surface area contributed by atoms with Gasteiger partial charge in [0.2, 0.25) is 5.91 Å². The number of carbonyl (C=O) groups excluding carboxylic acids is 1. The molecule has 168 valence electrons. The van der Waals surface area contributed by atoms with Crippen LogP contribution in [0.5, 0.6) is 5.75 Å². The lowest BCUT2D eigenvalue weighted by atomic mass is 10.1. The van der Waals surface area contributed by atoms with Crippen molar-refractivity contribution in [3.63, 3.8) is 0 Å². The van der Waals surface area contributed by atoms with Gasteiger partial charge in [-0.15, -0.1) is 0 Å². The summed E-state index contributed by atoms with van der Waals surface area (Å²) >= 11 is 0. The molecular formula is C22H36N4O4. The Bertz CT molecular complexity index is 643. The molecule has 1 fully saturated rings. The molecule has 0 spiro atoms. The molecule has 1 aliphatic rings. The van der Waals surface area contributed by atoms with E-state index in [1.54, 1.807) is 14.2 Å². The molecule has 0 unspecified atom stereocenters. The van der Waals surface area contributed by atoms with Crippen LogP contribution < -0.4 is 15.4 Å². The number of aliphatic imine (C=N–C) groups is 1. The summed E-state index contributed by atoms with van der Waals surface area (Å²) < 4.78 is 16.1. The number of hydrogen-bond acceptors (Lipinski definition) is 5. The molecule has 1 aromatic carbocycles. The number of amides is 1. The van der Waals surface area contributed by atoms with Crippen molar-refractivity contribution < 1.29 is 19.0 Å². The summed E-state index contributed by atoms with van der Waals surface area (Å²) in [5.74, 6) is 1.49. The Hall–Kier alpha value is -2.32. The minimum absolute atomic E-state index is 0.0995. The van der Waals surface area contributed by atoms with E-state index >= 15 is 0 Å². The van der Waals surface area contributed by atoms with Gasteiger partial charge in [-0.2, -0.15) is 0 Å². The highest BCUT2D eigenvalue weighted by atomic mass is 16.5. The maximum atomic E-state index is 12.2. The summed E-state index contributed by atoms with van der Waals surface area (Å²) in [6.45, 7) is 6.58. The van der Waals surface area contributed by atoms with E-state index in [0.717, 1.165) is 69.4 Å². The fraction of sp³-hybridized carbons (Fsp3) is 0.636. The molecule has 1 aliphatic heterocycles. The Morgan fingerprint density at radius 3 is 2.50 bits per heavy atom. The highest BCUT2D eigenvalue weighted by Gasteiger charge is 2.22. The summed E-state index contributed by atoms with van der Waals surface area (Å²) in [5, 5.41) is 6.21. The van der Waals surface area contributed by atoms with Crippen LogP contribution in [-0.2, 0) is 20.8 Å². The SMILES string of the molecule is CCNC(=NCC(=O)NCc1ccc(OC)cc1)N1CCC(OCCCOC)CC1. The summed E-state index contributed by atoms with van der Waals surface area (Å²) in [4.78, 5) is 19.0. The first kappa shape index (κ1) is 24.0. The molecule has 8 heteroatoms. The Morgan fingerprint density at radius 1 is 1.13 bits per heavy atom. The summed E-state index contributed by atoms with van der Waals surface area (Å²) in [6.07, 6.45) is 3.13. The average Bonchev–Trinajstić information content (AvgIpc) is 2.79. The molecule has 1 saturated heterocycles. The quantitative estimate of drug-likeness (QED) is 0.323. The van der Waals surface area contributed by atoms with Gasteiger partial charge in [-0.05, 0) is 43.9 Å². The van der Waals surface area contributed by atoms with Gasteiger partial charge in [0.25, 0.3) is 0 Å². The smallest absolute Gasteiger partial charge is 0.242 e. The molecule has 0 radical (unpaired) electrons. The van der Waals surface area contributed by atoms with E-state index < -0.39 is 0 Å². The molecular weight excluding hydrogens is 384 g/mol. The molecule has 1 heterocycles. The highest BCUT2D eigenvalue weighted by molar-refractivity contribution is 5.85. The number of ether oxygens (including phenoxy) is 3. The fourth-order valence-electron chi connectivity index (χ4n) is 3.26. The lowest BCUT2D eigenvalue weighted by Gasteiger charge is -2.34. The van der Waals surface area contributed by atoms with Crippen molar-refractivity contribution in [2.45, 2.75) is 38.8 Å². The topological polar surface area (TPSA) is 84.4 Å². The van der Waals surface area contributed by atoms with Crippen LogP contribution in [-0.4, -0.2) is 76.5 Å². The van der Waals surface area contributed by atoms with Gasteiger partial charge in [-0.3, -0.25) is 4.79 Å². The van der Waals surface area contributed by atoms with Crippen LogP contribution in [0, 0.1) is 0 Å². The van der Waals surface area contributed by atoms with Crippen LogP contribution in [0.25, 0.3) is 0 Å². The van der Waals surface area contributed by atoms with Crippen LogP contribution in [0.3, 0.4) is 0 Å². The maximum Gasteiger partial charge on any atom is 0.242 e. The molecule has 0 bridgehead atoms. The number of piperidine rings is 1. The Labute approximate surface area is 180 Å². The van der Waals surface area contributed by atoms with Crippen molar-refractivity contribution >= 4 is 11.9 Å². The van der Waals surface area contributed by atoms with E-state index in [1.165, 1.54) is 0 Å².